The highest BCUT2D eigenvalue weighted by atomic mass is 32.1. The van der Waals surface area contributed by atoms with Crippen LogP contribution in [0.25, 0.3) is 0 Å². The molecule has 0 bridgehead atoms. The summed E-state index contributed by atoms with van der Waals surface area (Å²) in [5.41, 5.74) is 1.83. The molecule has 2 atom stereocenters. The fraction of sp³-hybridized carbons (Fsp3) is 0.474. The van der Waals surface area contributed by atoms with Crippen molar-refractivity contribution in [2.75, 3.05) is 32.1 Å². The van der Waals surface area contributed by atoms with Crippen molar-refractivity contribution < 1.29 is 18.3 Å². The first-order valence-corrected chi connectivity index (χ1v) is 9.87. The highest BCUT2D eigenvalue weighted by molar-refractivity contribution is 7.10. The van der Waals surface area contributed by atoms with E-state index in [4.69, 9.17) is 4.74 Å². The Balaban J connectivity index is 1.71. The van der Waals surface area contributed by atoms with E-state index in [0.29, 0.717) is 24.5 Å². The smallest absolute Gasteiger partial charge is 0.320 e. The average Bonchev–Trinajstić information content (AvgIpc) is 3.07. The van der Waals surface area contributed by atoms with Crippen molar-refractivity contribution in [1.29, 1.82) is 0 Å². The number of rotatable bonds is 6. The molecule has 2 amide bonds. The van der Waals surface area contributed by atoms with Crippen molar-refractivity contribution in [2.45, 2.75) is 31.7 Å². The van der Waals surface area contributed by atoms with Crippen molar-refractivity contribution >= 4 is 22.6 Å². The number of halogens is 2. The van der Waals surface area contributed by atoms with Crippen molar-refractivity contribution in [3.8, 4) is 5.75 Å². The molecule has 1 saturated heterocycles. The van der Waals surface area contributed by atoms with Gasteiger partial charge in [-0.3, -0.25) is 10.2 Å². The average molecular weight is 410 g/mol. The maximum absolute atomic E-state index is 12.9. The molecule has 2 aromatic rings. The van der Waals surface area contributed by atoms with Gasteiger partial charge in [-0.15, -0.1) is 0 Å². The lowest BCUT2D eigenvalue weighted by molar-refractivity contribution is 0.0676. The molecule has 1 aliphatic heterocycles. The van der Waals surface area contributed by atoms with Gasteiger partial charge in [-0.1, -0.05) is 12.1 Å². The quantitative estimate of drug-likeness (QED) is 0.762. The summed E-state index contributed by atoms with van der Waals surface area (Å²) in [6, 6.07) is 8.88. The second-order valence-corrected chi connectivity index (χ2v) is 7.66. The number of benzene rings is 1. The summed E-state index contributed by atoms with van der Waals surface area (Å²) >= 11 is 1.22. The van der Waals surface area contributed by atoms with Crippen molar-refractivity contribution in [3.63, 3.8) is 0 Å². The number of piperidine rings is 1. The minimum absolute atomic E-state index is 0.0904. The van der Waals surface area contributed by atoms with Crippen molar-refractivity contribution in [2.24, 2.45) is 0 Å². The molecule has 3 rings (SSSR count). The van der Waals surface area contributed by atoms with Crippen LogP contribution in [0.1, 0.15) is 23.6 Å². The summed E-state index contributed by atoms with van der Waals surface area (Å²) in [6.45, 7) is 2.58. The standard InChI is InChI=1S/C19H24F2N4O2S/c1-12-9-18(28-24-12)23-19(26)22-16-7-8-25(11-17(20)21)10-15(16)13-3-5-14(27-2)6-4-13/h3-6,9,15-17H,7-8,10-11H2,1-2H3,(H2,22,23,26)/t15?,16-/m1/s1. The molecule has 28 heavy (non-hydrogen) atoms. The predicted molar refractivity (Wildman–Crippen MR) is 106 cm³/mol. The Bertz CT molecular complexity index is 784. The second kappa shape index (κ2) is 9.29. The summed E-state index contributed by atoms with van der Waals surface area (Å²) in [7, 11) is 1.59. The number of amides is 2. The predicted octanol–water partition coefficient (Wildman–Crippen LogP) is 3.70. The van der Waals surface area contributed by atoms with Crippen molar-refractivity contribution in [1.82, 2.24) is 14.6 Å². The fourth-order valence-electron chi connectivity index (χ4n) is 3.48. The molecule has 1 fully saturated rings. The van der Waals surface area contributed by atoms with Gasteiger partial charge >= 0.3 is 6.03 Å². The number of nitrogens with zero attached hydrogens (tertiary/aromatic N) is 2. The number of carbonyl (C=O) groups is 1. The lowest BCUT2D eigenvalue weighted by atomic mass is 9.86. The topological polar surface area (TPSA) is 66.5 Å². The molecule has 1 unspecified atom stereocenters. The molecular formula is C19H24F2N4O2S. The fourth-order valence-corrected chi connectivity index (χ4v) is 4.14. The zero-order valence-electron chi connectivity index (χ0n) is 15.8. The van der Waals surface area contributed by atoms with Gasteiger partial charge in [-0.05, 0) is 48.6 Å². The Labute approximate surface area is 167 Å². The van der Waals surface area contributed by atoms with Gasteiger partial charge in [0, 0.05) is 25.0 Å². The number of methoxy groups -OCH3 is 1. The number of anilines is 1. The molecule has 1 aromatic carbocycles. The zero-order chi connectivity index (χ0) is 20.1. The maximum Gasteiger partial charge on any atom is 0.320 e. The van der Waals surface area contributed by atoms with E-state index < -0.39 is 6.43 Å². The number of ether oxygens (including phenoxy) is 1. The van der Waals surface area contributed by atoms with Crippen LogP contribution < -0.4 is 15.4 Å². The summed E-state index contributed by atoms with van der Waals surface area (Å²) in [6.07, 6.45) is -1.78. The van der Waals surface area contributed by atoms with Crippen LogP contribution in [0.4, 0.5) is 18.6 Å². The van der Waals surface area contributed by atoms with Gasteiger partial charge in [-0.2, -0.15) is 4.37 Å². The Morgan fingerprint density at radius 2 is 2.14 bits per heavy atom. The first kappa shape index (κ1) is 20.5. The molecule has 2 heterocycles. The lowest BCUT2D eigenvalue weighted by Crippen LogP contribution is -2.51. The van der Waals surface area contributed by atoms with Crippen LogP contribution in [-0.4, -0.2) is 54.5 Å². The first-order chi connectivity index (χ1) is 13.4. The number of nitrogens with one attached hydrogen (secondary N) is 2. The van der Waals surface area contributed by atoms with Crippen LogP contribution in [0, 0.1) is 6.92 Å². The van der Waals surface area contributed by atoms with Crippen LogP contribution >= 0.6 is 11.5 Å². The second-order valence-electron chi connectivity index (χ2n) is 6.86. The van der Waals surface area contributed by atoms with Gasteiger partial charge in [0.15, 0.2) is 0 Å². The first-order valence-electron chi connectivity index (χ1n) is 9.10. The molecule has 0 spiro atoms. The van der Waals surface area contributed by atoms with Gasteiger partial charge in [-0.25, -0.2) is 13.6 Å². The number of hydrogen-bond acceptors (Lipinski definition) is 5. The van der Waals surface area contributed by atoms with Gasteiger partial charge < -0.3 is 10.1 Å². The molecule has 1 aliphatic rings. The van der Waals surface area contributed by atoms with E-state index in [-0.39, 0.29) is 24.5 Å². The molecule has 152 valence electrons. The van der Waals surface area contributed by atoms with E-state index in [1.807, 2.05) is 31.2 Å². The van der Waals surface area contributed by atoms with Crippen LogP contribution in [-0.2, 0) is 0 Å². The van der Waals surface area contributed by atoms with E-state index in [0.717, 1.165) is 17.0 Å². The lowest BCUT2D eigenvalue weighted by Gasteiger charge is -2.39. The maximum atomic E-state index is 12.9. The van der Waals surface area contributed by atoms with Gasteiger partial charge in [0.25, 0.3) is 6.43 Å². The zero-order valence-corrected chi connectivity index (χ0v) is 16.6. The number of aryl methyl sites for hydroxylation is 1. The van der Waals surface area contributed by atoms with Gasteiger partial charge in [0.05, 0.1) is 19.3 Å². The van der Waals surface area contributed by atoms with Crippen LogP contribution in [0.15, 0.2) is 30.3 Å². The van der Waals surface area contributed by atoms with Crippen molar-refractivity contribution in [3.05, 3.63) is 41.6 Å². The summed E-state index contributed by atoms with van der Waals surface area (Å²) in [4.78, 5) is 14.2. The number of hydrogen-bond donors (Lipinski definition) is 2. The Hall–Kier alpha value is -2.26. The molecule has 2 N–H and O–H groups in total. The largest absolute Gasteiger partial charge is 0.497 e. The SMILES string of the molecule is COc1ccc(C2CN(CC(F)F)CC[C@H]2NC(=O)Nc2cc(C)ns2)cc1. The molecule has 0 saturated carbocycles. The molecule has 9 heteroatoms. The Kier molecular flexibility index (Phi) is 6.79. The highest BCUT2D eigenvalue weighted by Crippen LogP contribution is 2.29. The summed E-state index contributed by atoms with van der Waals surface area (Å²) in [5, 5.41) is 6.48. The van der Waals surface area contributed by atoms with Crippen LogP contribution in [0.3, 0.4) is 0 Å². The third kappa shape index (κ3) is 5.39. The number of aromatic nitrogens is 1. The molecule has 0 radical (unpaired) electrons. The Morgan fingerprint density at radius 3 is 2.75 bits per heavy atom. The van der Waals surface area contributed by atoms with E-state index in [1.165, 1.54) is 11.5 Å². The minimum Gasteiger partial charge on any atom is -0.497 e. The minimum atomic E-state index is -2.38. The highest BCUT2D eigenvalue weighted by Gasteiger charge is 2.32. The Morgan fingerprint density at radius 1 is 1.39 bits per heavy atom. The normalized spacial score (nSPS) is 20.2. The van der Waals surface area contributed by atoms with Gasteiger partial charge in [0.2, 0.25) is 0 Å². The molecule has 6 nitrogen and oxygen atoms in total. The molecule has 0 aliphatic carbocycles. The number of alkyl halides is 2. The monoisotopic (exact) mass is 410 g/mol. The number of carbonyl (C=O) groups excluding carboxylic acids is 1. The molecule has 1 aromatic heterocycles. The van der Waals surface area contributed by atoms with E-state index in [1.54, 1.807) is 18.1 Å². The van der Waals surface area contributed by atoms with E-state index >= 15 is 0 Å². The van der Waals surface area contributed by atoms with E-state index in [9.17, 15) is 13.6 Å². The van der Waals surface area contributed by atoms with Crippen LogP contribution in [0.2, 0.25) is 0 Å². The third-order valence-corrected chi connectivity index (χ3v) is 5.61. The summed E-state index contributed by atoms with van der Waals surface area (Å²) < 4.78 is 35.1. The number of likely N-dealkylation sites (tertiary alicyclic amines) is 1. The van der Waals surface area contributed by atoms with Gasteiger partial charge in [0.1, 0.15) is 10.8 Å². The summed E-state index contributed by atoms with van der Waals surface area (Å²) in [5.74, 6) is 0.638. The third-order valence-electron chi connectivity index (χ3n) is 4.82. The van der Waals surface area contributed by atoms with Crippen LogP contribution in [0.5, 0.6) is 5.75 Å². The number of urea groups is 1. The molecular weight excluding hydrogens is 386 g/mol. The van der Waals surface area contributed by atoms with E-state index in [2.05, 4.69) is 15.0 Å².